The molecule has 0 unspecified atom stereocenters. The molecule has 0 saturated heterocycles. The van der Waals surface area contributed by atoms with Crippen molar-refractivity contribution in [2.45, 2.75) is 0 Å². The third-order valence-corrected chi connectivity index (χ3v) is 3.09. The first kappa shape index (κ1) is 11.2. The van der Waals surface area contributed by atoms with Crippen LogP contribution in [0.3, 0.4) is 0 Å². The van der Waals surface area contributed by atoms with E-state index < -0.39 is 0 Å². The van der Waals surface area contributed by atoms with Crippen molar-refractivity contribution in [3.8, 4) is 11.4 Å². The van der Waals surface area contributed by atoms with Gasteiger partial charge in [-0.15, -0.1) is 10.2 Å². The molecule has 2 heterocycles. The van der Waals surface area contributed by atoms with Gasteiger partial charge in [-0.25, -0.2) is 4.39 Å². The minimum absolute atomic E-state index is 0.360. The number of fused-ring (bicyclic) bond motifs is 1. The summed E-state index contributed by atoms with van der Waals surface area (Å²) in [6, 6.07) is 8.27. The van der Waals surface area contributed by atoms with Crippen LogP contribution in [0.4, 0.5) is 10.1 Å². The number of rotatable bonds is 1. The number of hydrogen-bond donors (Lipinski definition) is 1. The van der Waals surface area contributed by atoms with Crippen LogP contribution in [-0.4, -0.2) is 14.6 Å². The Morgan fingerprint density at radius 3 is 2.78 bits per heavy atom. The fourth-order valence-electron chi connectivity index (χ4n) is 1.76. The summed E-state index contributed by atoms with van der Waals surface area (Å²) in [5.41, 5.74) is 7.30. The summed E-state index contributed by atoms with van der Waals surface area (Å²) in [6.07, 6.45) is 1.67. The molecule has 6 heteroatoms. The molecule has 2 aromatic heterocycles. The van der Waals surface area contributed by atoms with Crippen LogP contribution in [0.5, 0.6) is 0 Å². The van der Waals surface area contributed by atoms with Crippen LogP contribution in [0.1, 0.15) is 0 Å². The minimum atomic E-state index is -0.360. The summed E-state index contributed by atoms with van der Waals surface area (Å²) in [7, 11) is 0. The highest BCUT2D eigenvalue weighted by molar-refractivity contribution is 9.10. The first-order chi connectivity index (χ1) is 8.65. The number of halogens is 2. The first-order valence-electron chi connectivity index (χ1n) is 5.21. The van der Waals surface area contributed by atoms with E-state index in [1.165, 1.54) is 6.07 Å². The number of nitrogen functional groups attached to an aromatic ring is 1. The number of pyridine rings is 1. The Hall–Kier alpha value is -1.95. The third kappa shape index (κ3) is 1.74. The summed E-state index contributed by atoms with van der Waals surface area (Å²) in [5.74, 6) is 0.0726. The van der Waals surface area contributed by atoms with Gasteiger partial charge in [0, 0.05) is 16.4 Å². The maximum atomic E-state index is 13.9. The Morgan fingerprint density at radius 1 is 1.17 bits per heavy atom. The highest BCUT2D eigenvalue weighted by Crippen LogP contribution is 2.25. The van der Waals surface area contributed by atoms with Crippen LogP contribution < -0.4 is 5.73 Å². The van der Waals surface area contributed by atoms with Gasteiger partial charge in [0.2, 0.25) is 0 Å². The second kappa shape index (κ2) is 4.06. The number of aromatic nitrogens is 3. The standard InChI is InChI=1S/C12H8BrFN4/c13-7-1-3-9(10(14)5-7)12-17-16-11-4-2-8(15)6-18(11)12/h1-6H,15H2. The van der Waals surface area contributed by atoms with Gasteiger partial charge in [0.1, 0.15) is 5.82 Å². The molecule has 0 radical (unpaired) electrons. The maximum absolute atomic E-state index is 13.9. The molecule has 0 aliphatic carbocycles. The molecule has 0 fully saturated rings. The Labute approximate surface area is 110 Å². The third-order valence-electron chi connectivity index (χ3n) is 2.60. The lowest BCUT2D eigenvalue weighted by molar-refractivity contribution is 0.629. The van der Waals surface area contributed by atoms with Crippen molar-refractivity contribution in [1.29, 1.82) is 0 Å². The molecule has 0 saturated carbocycles. The zero-order valence-electron chi connectivity index (χ0n) is 9.14. The molecule has 2 N–H and O–H groups in total. The zero-order valence-corrected chi connectivity index (χ0v) is 10.7. The largest absolute Gasteiger partial charge is 0.398 e. The quantitative estimate of drug-likeness (QED) is 0.752. The lowest BCUT2D eigenvalue weighted by Gasteiger charge is -2.03. The Bertz CT molecular complexity index is 738. The van der Waals surface area contributed by atoms with Crippen LogP contribution in [-0.2, 0) is 0 Å². The first-order valence-corrected chi connectivity index (χ1v) is 6.00. The molecule has 0 aliphatic rings. The molecular weight excluding hydrogens is 299 g/mol. The molecule has 0 spiro atoms. The second-order valence-electron chi connectivity index (χ2n) is 3.84. The Balaban J connectivity index is 2.28. The molecule has 3 aromatic rings. The van der Waals surface area contributed by atoms with E-state index in [1.54, 1.807) is 34.9 Å². The SMILES string of the molecule is Nc1ccc2nnc(-c3ccc(Br)cc3F)n2c1. The van der Waals surface area contributed by atoms with Gasteiger partial charge in [-0.05, 0) is 30.3 Å². The lowest BCUT2D eigenvalue weighted by atomic mass is 10.2. The van der Waals surface area contributed by atoms with E-state index in [1.807, 2.05) is 0 Å². The zero-order chi connectivity index (χ0) is 12.7. The lowest BCUT2D eigenvalue weighted by Crippen LogP contribution is -1.94. The van der Waals surface area contributed by atoms with Crippen LogP contribution >= 0.6 is 15.9 Å². The van der Waals surface area contributed by atoms with Crippen molar-refractivity contribution in [3.05, 3.63) is 46.8 Å². The monoisotopic (exact) mass is 306 g/mol. The highest BCUT2D eigenvalue weighted by atomic mass is 79.9. The smallest absolute Gasteiger partial charge is 0.171 e. The number of benzene rings is 1. The second-order valence-corrected chi connectivity index (χ2v) is 4.75. The molecule has 0 aliphatic heterocycles. The van der Waals surface area contributed by atoms with Gasteiger partial charge in [0.15, 0.2) is 11.5 Å². The molecule has 0 amide bonds. The molecule has 0 bridgehead atoms. The van der Waals surface area contributed by atoms with E-state index in [0.717, 1.165) is 0 Å². The summed E-state index contributed by atoms with van der Waals surface area (Å²) in [4.78, 5) is 0. The van der Waals surface area contributed by atoms with Gasteiger partial charge >= 0.3 is 0 Å². The highest BCUT2D eigenvalue weighted by Gasteiger charge is 2.12. The van der Waals surface area contributed by atoms with Gasteiger partial charge in [-0.3, -0.25) is 4.40 Å². The number of anilines is 1. The molecule has 3 rings (SSSR count). The summed E-state index contributed by atoms with van der Waals surface area (Å²) in [5, 5.41) is 7.98. The topological polar surface area (TPSA) is 56.2 Å². The van der Waals surface area contributed by atoms with E-state index in [4.69, 9.17) is 5.73 Å². The van der Waals surface area contributed by atoms with Crippen molar-refractivity contribution in [2.24, 2.45) is 0 Å². The van der Waals surface area contributed by atoms with Gasteiger partial charge in [-0.1, -0.05) is 15.9 Å². The van der Waals surface area contributed by atoms with Crippen molar-refractivity contribution in [2.75, 3.05) is 5.73 Å². The predicted octanol–water partition coefficient (Wildman–Crippen LogP) is 2.88. The molecular formula is C12H8BrFN4. The van der Waals surface area contributed by atoms with Gasteiger partial charge in [0.25, 0.3) is 0 Å². The normalized spacial score (nSPS) is 11.0. The van der Waals surface area contributed by atoms with E-state index in [2.05, 4.69) is 26.1 Å². The molecule has 0 atom stereocenters. The summed E-state index contributed by atoms with van der Waals surface area (Å²) < 4.78 is 16.2. The number of hydrogen-bond acceptors (Lipinski definition) is 3. The molecule has 1 aromatic carbocycles. The van der Waals surface area contributed by atoms with E-state index >= 15 is 0 Å². The van der Waals surface area contributed by atoms with Crippen molar-refractivity contribution < 1.29 is 4.39 Å². The van der Waals surface area contributed by atoms with Crippen molar-refractivity contribution in [3.63, 3.8) is 0 Å². The molecule has 90 valence electrons. The Kier molecular flexibility index (Phi) is 2.52. The van der Waals surface area contributed by atoms with Crippen molar-refractivity contribution in [1.82, 2.24) is 14.6 Å². The Morgan fingerprint density at radius 2 is 2.00 bits per heavy atom. The fourth-order valence-corrected chi connectivity index (χ4v) is 2.09. The van der Waals surface area contributed by atoms with Gasteiger partial charge in [0.05, 0.1) is 5.56 Å². The summed E-state index contributed by atoms with van der Waals surface area (Å²) >= 11 is 3.22. The van der Waals surface area contributed by atoms with Crippen LogP contribution in [0.15, 0.2) is 41.0 Å². The molecule has 4 nitrogen and oxygen atoms in total. The van der Waals surface area contributed by atoms with E-state index in [0.29, 0.717) is 27.2 Å². The minimum Gasteiger partial charge on any atom is -0.398 e. The summed E-state index contributed by atoms with van der Waals surface area (Å²) in [6.45, 7) is 0. The average molecular weight is 307 g/mol. The van der Waals surface area contributed by atoms with Crippen LogP contribution in [0, 0.1) is 5.82 Å². The number of nitrogens with zero attached hydrogens (tertiary/aromatic N) is 3. The van der Waals surface area contributed by atoms with E-state index in [9.17, 15) is 4.39 Å². The average Bonchev–Trinajstić information content (AvgIpc) is 2.72. The molecule has 18 heavy (non-hydrogen) atoms. The maximum Gasteiger partial charge on any atom is 0.171 e. The van der Waals surface area contributed by atoms with Crippen molar-refractivity contribution >= 4 is 27.3 Å². The van der Waals surface area contributed by atoms with Crippen LogP contribution in [0.25, 0.3) is 17.0 Å². The fraction of sp³-hybridized carbons (Fsp3) is 0. The van der Waals surface area contributed by atoms with E-state index in [-0.39, 0.29) is 5.82 Å². The van der Waals surface area contributed by atoms with Gasteiger partial charge < -0.3 is 5.73 Å². The van der Waals surface area contributed by atoms with Crippen LogP contribution in [0.2, 0.25) is 0 Å². The predicted molar refractivity (Wildman–Crippen MR) is 70.5 cm³/mol. The number of nitrogens with two attached hydrogens (primary N) is 1. The van der Waals surface area contributed by atoms with Gasteiger partial charge in [-0.2, -0.15) is 0 Å².